The molecule has 0 atom stereocenters. The molecule has 32 heavy (non-hydrogen) atoms. The van der Waals surface area contributed by atoms with Crippen molar-refractivity contribution in [3.8, 4) is 0 Å². The van der Waals surface area contributed by atoms with E-state index >= 15 is 0 Å². The van der Waals surface area contributed by atoms with Gasteiger partial charge in [-0.1, -0.05) is 71.9 Å². The third-order valence-corrected chi connectivity index (χ3v) is 7.97. The highest BCUT2D eigenvalue weighted by atomic mass is 35.5. The summed E-state index contributed by atoms with van der Waals surface area (Å²) in [6, 6.07) is 25.8. The molecule has 0 saturated carbocycles. The Hall–Kier alpha value is -2.67. The minimum Gasteiger partial charge on any atom is -0.337 e. The van der Waals surface area contributed by atoms with Crippen LogP contribution in [-0.4, -0.2) is 29.6 Å². The first-order chi connectivity index (χ1) is 15.6. The van der Waals surface area contributed by atoms with Crippen molar-refractivity contribution in [1.29, 1.82) is 0 Å². The lowest BCUT2D eigenvalue weighted by Crippen LogP contribution is -2.31. The molecule has 1 amide bonds. The standard InChI is InChI=1S/C25H20ClN3OS2/c1-28-20-16-18(26)12-13-21(20)31-24(28)22-23(30)29(15-14-17-8-4-2-5-9-17)25(32-22)27-19-10-6-3-7-11-19/h2-13,16H,14-15H2,1H3. The van der Waals surface area contributed by atoms with Crippen LogP contribution >= 0.6 is 35.1 Å². The van der Waals surface area contributed by atoms with Crippen LogP contribution in [0.3, 0.4) is 0 Å². The summed E-state index contributed by atoms with van der Waals surface area (Å²) in [5.74, 6) is -0.00568. The average Bonchev–Trinajstić information content (AvgIpc) is 3.29. The Labute approximate surface area is 201 Å². The number of fused-ring (bicyclic) bond motifs is 1. The average molecular weight is 478 g/mol. The van der Waals surface area contributed by atoms with E-state index in [1.165, 1.54) is 17.3 Å². The molecule has 2 heterocycles. The molecular weight excluding hydrogens is 458 g/mol. The van der Waals surface area contributed by atoms with E-state index < -0.39 is 0 Å². The number of hydrogen-bond acceptors (Lipinski definition) is 5. The Morgan fingerprint density at radius 1 is 0.938 bits per heavy atom. The zero-order valence-electron chi connectivity index (χ0n) is 17.4. The molecule has 3 aromatic rings. The van der Waals surface area contributed by atoms with E-state index in [1.54, 1.807) is 16.7 Å². The molecule has 0 aliphatic carbocycles. The second kappa shape index (κ2) is 9.06. The van der Waals surface area contributed by atoms with Gasteiger partial charge in [-0.2, -0.15) is 0 Å². The fourth-order valence-corrected chi connectivity index (χ4v) is 6.15. The molecule has 0 N–H and O–H groups in total. The number of thioether (sulfide) groups is 2. The summed E-state index contributed by atoms with van der Waals surface area (Å²) >= 11 is 9.25. The van der Waals surface area contributed by atoms with Crippen molar-refractivity contribution in [2.75, 3.05) is 18.5 Å². The predicted molar refractivity (Wildman–Crippen MR) is 136 cm³/mol. The van der Waals surface area contributed by atoms with Crippen LogP contribution in [0.25, 0.3) is 0 Å². The quantitative estimate of drug-likeness (QED) is 0.399. The van der Waals surface area contributed by atoms with E-state index in [9.17, 15) is 4.79 Å². The first kappa shape index (κ1) is 21.2. The van der Waals surface area contributed by atoms with Crippen molar-refractivity contribution in [3.63, 3.8) is 0 Å². The number of anilines is 1. The first-order valence-corrected chi connectivity index (χ1v) is 12.2. The molecule has 3 aromatic carbocycles. The SMILES string of the molecule is CN1C(=C2SC(=Nc3ccccc3)N(CCc3ccccc3)C2=O)Sc2ccc(Cl)cc21. The number of benzene rings is 3. The normalized spacial score (nSPS) is 19.2. The highest BCUT2D eigenvalue weighted by Crippen LogP contribution is 2.50. The zero-order chi connectivity index (χ0) is 22.1. The van der Waals surface area contributed by atoms with Crippen molar-refractivity contribution < 1.29 is 4.79 Å². The lowest BCUT2D eigenvalue weighted by atomic mass is 10.1. The summed E-state index contributed by atoms with van der Waals surface area (Å²) in [5.41, 5.74) is 3.05. The van der Waals surface area contributed by atoms with E-state index in [0.29, 0.717) is 21.6 Å². The lowest BCUT2D eigenvalue weighted by Gasteiger charge is -2.17. The maximum absolute atomic E-state index is 13.6. The van der Waals surface area contributed by atoms with Crippen LogP contribution in [0, 0.1) is 0 Å². The lowest BCUT2D eigenvalue weighted by molar-refractivity contribution is -0.122. The van der Waals surface area contributed by atoms with Crippen LogP contribution in [0.15, 0.2) is 98.7 Å². The molecule has 0 bridgehead atoms. The Morgan fingerprint density at radius 2 is 1.66 bits per heavy atom. The highest BCUT2D eigenvalue weighted by molar-refractivity contribution is 8.19. The molecule has 0 radical (unpaired) electrons. The summed E-state index contributed by atoms with van der Waals surface area (Å²) in [6.07, 6.45) is 0.766. The maximum atomic E-state index is 13.6. The number of nitrogens with zero attached hydrogens (tertiary/aromatic N) is 3. The number of amidine groups is 1. The number of hydrogen-bond donors (Lipinski definition) is 0. The topological polar surface area (TPSA) is 35.9 Å². The Bertz CT molecular complexity index is 1230. The van der Waals surface area contributed by atoms with E-state index in [0.717, 1.165) is 27.7 Å². The van der Waals surface area contributed by atoms with E-state index in [-0.39, 0.29) is 5.91 Å². The maximum Gasteiger partial charge on any atom is 0.269 e. The van der Waals surface area contributed by atoms with E-state index in [1.807, 2.05) is 78.7 Å². The highest BCUT2D eigenvalue weighted by Gasteiger charge is 2.39. The van der Waals surface area contributed by atoms with Gasteiger partial charge >= 0.3 is 0 Å². The summed E-state index contributed by atoms with van der Waals surface area (Å²) in [4.78, 5) is 24.0. The van der Waals surface area contributed by atoms with Gasteiger partial charge in [-0.3, -0.25) is 9.69 Å². The van der Waals surface area contributed by atoms with Gasteiger partial charge in [0.1, 0.15) is 4.91 Å². The number of rotatable bonds is 4. The number of carbonyl (C=O) groups excluding carboxylic acids is 1. The second-order valence-corrected chi connectivity index (χ2v) is 9.88. The van der Waals surface area contributed by atoms with Crippen molar-refractivity contribution in [2.45, 2.75) is 11.3 Å². The van der Waals surface area contributed by atoms with Crippen molar-refractivity contribution >= 4 is 57.6 Å². The van der Waals surface area contributed by atoms with Crippen molar-refractivity contribution in [2.24, 2.45) is 4.99 Å². The minimum atomic E-state index is -0.00568. The minimum absolute atomic E-state index is 0.00568. The largest absolute Gasteiger partial charge is 0.337 e. The van der Waals surface area contributed by atoms with Gasteiger partial charge in [-0.15, -0.1) is 0 Å². The molecule has 0 aromatic heterocycles. The van der Waals surface area contributed by atoms with Crippen LogP contribution < -0.4 is 4.90 Å². The molecule has 0 spiro atoms. The van der Waals surface area contributed by atoms with Crippen molar-refractivity contribution in [1.82, 2.24) is 4.90 Å². The fraction of sp³-hybridized carbons (Fsp3) is 0.120. The van der Waals surface area contributed by atoms with Crippen LogP contribution in [0.2, 0.25) is 5.02 Å². The van der Waals surface area contributed by atoms with Gasteiger partial charge in [0.2, 0.25) is 0 Å². The molecule has 2 aliphatic rings. The van der Waals surface area contributed by atoms with E-state index in [2.05, 4.69) is 12.1 Å². The number of carbonyl (C=O) groups is 1. The molecule has 160 valence electrons. The van der Waals surface area contributed by atoms with Gasteiger partial charge in [0.15, 0.2) is 5.17 Å². The molecule has 2 aliphatic heterocycles. The van der Waals surface area contributed by atoms with Crippen LogP contribution in [0.4, 0.5) is 11.4 Å². The van der Waals surface area contributed by atoms with Gasteiger partial charge in [0.05, 0.1) is 16.4 Å². The summed E-state index contributed by atoms with van der Waals surface area (Å²) in [5, 5.41) is 2.31. The zero-order valence-corrected chi connectivity index (χ0v) is 19.8. The van der Waals surface area contributed by atoms with Crippen LogP contribution in [-0.2, 0) is 11.2 Å². The molecule has 4 nitrogen and oxygen atoms in total. The monoisotopic (exact) mass is 477 g/mol. The molecule has 1 fully saturated rings. The van der Waals surface area contributed by atoms with E-state index in [4.69, 9.17) is 16.6 Å². The first-order valence-electron chi connectivity index (χ1n) is 10.2. The Kier molecular flexibility index (Phi) is 6.00. The van der Waals surface area contributed by atoms with Gasteiger partial charge in [0.25, 0.3) is 5.91 Å². The number of amides is 1. The van der Waals surface area contributed by atoms with Crippen molar-refractivity contribution in [3.05, 3.63) is 99.4 Å². The van der Waals surface area contributed by atoms with Gasteiger partial charge in [-0.05, 0) is 54.1 Å². The summed E-state index contributed by atoms with van der Waals surface area (Å²) < 4.78 is 0. The fourth-order valence-electron chi connectivity index (χ4n) is 3.63. The van der Waals surface area contributed by atoms with Gasteiger partial charge in [0, 0.05) is 23.5 Å². The predicted octanol–water partition coefficient (Wildman–Crippen LogP) is 6.56. The molecule has 0 unspecified atom stereocenters. The summed E-state index contributed by atoms with van der Waals surface area (Å²) in [6.45, 7) is 0.575. The molecule has 1 saturated heterocycles. The molecular formula is C25H20ClN3OS2. The summed E-state index contributed by atoms with van der Waals surface area (Å²) in [7, 11) is 1.98. The third-order valence-electron chi connectivity index (χ3n) is 5.30. The van der Waals surface area contributed by atoms with Crippen LogP contribution in [0.5, 0.6) is 0 Å². The second-order valence-electron chi connectivity index (χ2n) is 7.43. The van der Waals surface area contributed by atoms with Gasteiger partial charge in [-0.25, -0.2) is 4.99 Å². The number of aliphatic imine (C=N–C) groups is 1. The Balaban J connectivity index is 1.49. The number of para-hydroxylation sites is 1. The third kappa shape index (κ3) is 4.18. The van der Waals surface area contributed by atoms with Crippen LogP contribution in [0.1, 0.15) is 5.56 Å². The Morgan fingerprint density at radius 3 is 2.41 bits per heavy atom. The number of halogens is 1. The van der Waals surface area contributed by atoms with Gasteiger partial charge < -0.3 is 4.90 Å². The molecule has 5 rings (SSSR count). The molecule has 7 heteroatoms. The smallest absolute Gasteiger partial charge is 0.269 e.